The SMILES string of the molecule is CCOc1cccc(C(=O)N2N=C(C(F)F)C[C@]2(O)C(F)F)c1. The van der Waals surface area contributed by atoms with Crippen molar-refractivity contribution in [3.05, 3.63) is 29.8 Å². The van der Waals surface area contributed by atoms with Crippen LogP contribution in [-0.4, -0.2) is 46.9 Å². The maximum atomic E-state index is 13.1. The summed E-state index contributed by atoms with van der Waals surface area (Å²) in [6.45, 7) is 2.03. The number of amides is 1. The Labute approximate surface area is 129 Å². The molecule has 1 amide bonds. The number of rotatable bonds is 5. The number of nitrogens with zero attached hydrogens (tertiary/aromatic N) is 2. The Morgan fingerprint density at radius 1 is 1.43 bits per heavy atom. The lowest BCUT2D eigenvalue weighted by molar-refractivity contribution is -0.164. The molecule has 0 saturated heterocycles. The average molecular weight is 334 g/mol. The molecule has 0 fully saturated rings. The van der Waals surface area contributed by atoms with Gasteiger partial charge in [-0.3, -0.25) is 4.79 Å². The first-order chi connectivity index (χ1) is 10.8. The maximum absolute atomic E-state index is 13.1. The molecule has 1 aliphatic rings. The molecule has 1 aliphatic heterocycles. The summed E-state index contributed by atoms with van der Waals surface area (Å²) in [7, 11) is 0. The summed E-state index contributed by atoms with van der Waals surface area (Å²) in [5.41, 5.74) is -4.18. The van der Waals surface area contributed by atoms with E-state index in [0.29, 0.717) is 12.4 Å². The number of alkyl halides is 4. The summed E-state index contributed by atoms with van der Waals surface area (Å²) in [4.78, 5) is 12.3. The monoisotopic (exact) mass is 334 g/mol. The Hall–Kier alpha value is -2.16. The second-order valence-corrected chi connectivity index (χ2v) is 4.83. The molecule has 2 rings (SSSR count). The van der Waals surface area contributed by atoms with Gasteiger partial charge in [-0.15, -0.1) is 0 Å². The van der Waals surface area contributed by atoms with E-state index >= 15 is 0 Å². The van der Waals surface area contributed by atoms with Gasteiger partial charge in [-0.05, 0) is 25.1 Å². The molecule has 0 unspecified atom stereocenters. The molecular formula is C14H14F4N2O3. The molecule has 126 valence electrons. The lowest BCUT2D eigenvalue weighted by atomic mass is 10.1. The Bertz CT molecular complexity index is 624. The summed E-state index contributed by atoms with van der Waals surface area (Å²) >= 11 is 0. The molecule has 1 atom stereocenters. The largest absolute Gasteiger partial charge is 0.494 e. The van der Waals surface area contributed by atoms with Crippen molar-refractivity contribution in [2.45, 2.75) is 31.9 Å². The molecule has 9 heteroatoms. The molecule has 0 radical (unpaired) electrons. The van der Waals surface area contributed by atoms with E-state index in [1.165, 1.54) is 24.3 Å². The lowest BCUT2D eigenvalue weighted by Crippen LogP contribution is -2.51. The quantitative estimate of drug-likeness (QED) is 0.842. The predicted octanol–water partition coefficient (Wildman–Crippen LogP) is 2.51. The van der Waals surface area contributed by atoms with Crippen molar-refractivity contribution in [3.63, 3.8) is 0 Å². The maximum Gasteiger partial charge on any atom is 0.287 e. The third-order valence-electron chi connectivity index (χ3n) is 3.22. The Balaban J connectivity index is 2.36. The first-order valence-corrected chi connectivity index (χ1v) is 6.73. The zero-order valence-corrected chi connectivity index (χ0v) is 12.0. The van der Waals surface area contributed by atoms with Crippen molar-refractivity contribution >= 4 is 11.6 Å². The van der Waals surface area contributed by atoms with Gasteiger partial charge < -0.3 is 9.84 Å². The number of hydrogen-bond donors (Lipinski definition) is 1. The summed E-state index contributed by atoms with van der Waals surface area (Å²) in [6.07, 6.45) is -7.71. The zero-order valence-electron chi connectivity index (χ0n) is 12.0. The van der Waals surface area contributed by atoms with Gasteiger partial charge >= 0.3 is 0 Å². The van der Waals surface area contributed by atoms with E-state index in [9.17, 15) is 27.5 Å². The van der Waals surface area contributed by atoms with Gasteiger partial charge in [0.1, 0.15) is 11.5 Å². The van der Waals surface area contributed by atoms with E-state index in [4.69, 9.17) is 4.74 Å². The van der Waals surface area contributed by atoms with E-state index in [1.807, 2.05) is 0 Å². The van der Waals surface area contributed by atoms with Gasteiger partial charge in [0.25, 0.3) is 18.8 Å². The summed E-state index contributed by atoms with van der Waals surface area (Å²) in [5, 5.41) is 13.1. The smallest absolute Gasteiger partial charge is 0.287 e. The van der Waals surface area contributed by atoms with Gasteiger partial charge in [-0.25, -0.2) is 17.6 Å². The van der Waals surface area contributed by atoms with Gasteiger partial charge in [0.15, 0.2) is 0 Å². The van der Waals surface area contributed by atoms with Crippen LogP contribution in [0.15, 0.2) is 29.4 Å². The minimum absolute atomic E-state index is 0.0181. The molecule has 23 heavy (non-hydrogen) atoms. The molecule has 5 nitrogen and oxygen atoms in total. The molecular weight excluding hydrogens is 320 g/mol. The summed E-state index contributed by atoms with van der Waals surface area (Å²) in [6, 6.07) is 5.52. The van der Waals surface area contributed by atoms with Crippen LogP contribution in [0.1, 0.15) is 23.7 Å². The van der Waals surface area contributed by atoms with Crippen LogP contribution < -0.4 is 4.74 Å². The summed E-state index contributed by atoms with van der Waals surface area (Å²) < 4.78 is 56.8. The number of carbonyl (C=O) groups is 1. The van der Waals surface area contributed by atoms with Crippen LogP contribution >= 0.6 is 0 Å². The minimum Gasteiger partial charge on any atom is -0.494 e. The highest BCUT2D eigenvalue weighted by Crippen LogP contribution is 2.34. The molecule has 1 heterocycles. The van der Waals surface area contributed by atoms with Crippen molar-refractivity contribution in [1.29, 1.82) is 0 Å². The number of carbonyl (C=O) groups excluding carboxylic acids is 1. The summed E-state index contributed by atoms with van der Waals surface area (Å²) in [5.74, 6) is -0.818. The second-order valence-electron chi connectivity index (χ2n) is 4.83. The van der Waals surface area contributed by atoms with Crippen molar-refractivity contribution in [1.82, 2.24) is 5.01 Å². The van der Waals surface area contributed by atoms with Crippen LogP contribution in [0.25, 0.3) is 0 Å². The number of aliphatic hydroxyl groups is 1. The number of benzene rings is 1. The molecule has 0 spiro atoms. The molecule has 1 aromatic rings. The highest BCUT2D eigenvalue weighted by atomic mass is 19.3. The van der Waals surface area contributed by atoms with Gasteiger partial charge in [0.2, 0.25) is 5.72 Å². The Morgan fingerprint density at radius 3 is 2.70 bits per heavy atom. The first-order valence-electron chi connectivity index (χ1n) is 6.73. The van der Waals surface area contributed by atoms with Gasteiger partial charge in [-0.1, -0.05) is 6.07 Å². The number of hydrazone groups is 1. The van der Waals surface area contributed by atoms with Crippen molar-refractivity contribution in [2.75, 3.05) is 6.61 Å². The predicted molar refractivity (Wildman–Crippen MR) is 72.8 cm³/mol. The van der Waals surface area contributed by atoms with Crippen molar-refractivity contribution in [2.24, 2.45) is 5.10 Å². The minimum atomic E-state index is -3.46. The van der Waals surface area contributed by atoms with Crippen LogP contribution in [0.2, 0.25) is 0 Å². The number of halogens is 4. The van der Waals surface area contributed by atoms with Gasteiger partial charge in [0.05, 0.1) is 6.61 Å². The second kappa shape index (κ2) is 6.53. The normalized spacial score (nSPS) is 21.0. The Kier molecular flexibility index (Phi) is 4.88. The molecule has 1 aromatic carbocycles. The average Bonchev–Trinajstić information content (AvgIpc) is 2.87. The lowest BCUT2D eigenvalue weighted by Gasteiger charge is -2.30. The van der Waals surface area contributed by atoms with Gasteiger partial charge in [-0.2, -0.15) is 10.1 Å². The number of hydrogen-bond acceptors (Lipinski definition) is 4. The van der Waals surface area contributed by atoms with Gasteiger partial charge in [0, 0.05) is 12.0 Å². The zero-order chi connectivity index (χ0) is 17.2. The first kappa shape index (κ1) is 17.2. The molecule has 0 bridgehead atoms. The van der Waals surface area contributed by atoms with E-state index < -0.39 is 36.6 Å². The fraction of sp³-hybridized carbons (Fsp3) is 0.429. The standard InChI is InChI=1S/C14H14F4N2O3/c1-2-23-9-5-3-4-8(6-9)12(21)20-14(22,13(17)18)7-10(19-20)11(15)16/h3-6,11,13,22H,2,7H2,1H3/t14-/m0/s1. The van der Waals surface area contributed by atoms with Crippen LogP contribution in [0.3, 0.4) is 0 Å². The molecule has 0 saturated carbocycles. The van der Waals surface area contributed by atoms with Crippen molar-refractivity contribution in [3.8, 4) is 5.75 Å². The topological polar surface area (TPSA) is 62.1 Å². The van der Waals surface area contributed by atoms with E-state index in [2.05, 4.69) is 5.10 Å². The third-order valence-corrected chi connectivity index (χ3v) is 3.22. The van der Waals surface area contributed by atoms with E-state index in [1.54, 1.807) is 6.92 Å². The highest BCUT2D eigenvalue weighted by molar-refractivity contribution is 5.99. The fourth-order valence-corrected chi connectivity index (χ4v) is 2.11. The molecule has 0 aromatic heterocycles. The molecule has 1 N–H and O–H groups in total. The fourth-order valence-electron chi connectivity index (χ4n) is 2.11. The molecule has 0 aliphatic carbocycles. The third kappa shape index (κ3) is 3.29. The number of ether oxygens (including phenoxy) is 1. The van der Waals surface area contributed by atoms with E-state index in [0.717, 1.165) is 0 Å². The van der Waals surface area contributed by atoms with E-state index in [-0.39, 0.29) is 10.6 Å². The van der Waals surface area contributed by atoms with Crippen LogP contribution in [0, 0.1) is 0 Å². The highest BCUT2D eigenvalue weighted by Gasteiger charge is 2.53. The van der Waals surface area contributed by atoms with Crippen LogP contribution in [0.4, 0.5) is 17.6 Å². The van der Waals surface area contributed by atoms with Crippen LogP contribution in [0.5, 0.6) is 5.75 Å². The van der Waals surface area contributed by atoms with Crippen LogP contribution in [-0.2, 0) is 0 Å². The van der Waals surface area contributed by atoms with Crippen molar-refractivity contribution < 1.29 is 32.2 Å². The Morgan fingerprint density at radius 2 is 2.13 bits per heavy atom.